The molecule has 0 amide bonds. The van der Waals surface area contributed by atoms with Crippen molar-refractivity contribution in [1.29, 1.82) is 0 Å². The smallest absolute Gasteiger partial charge is 0.332 e. The van der Waals surface area contributed by atoms with Crippen molar-refractivity contribution in [3.05, 3.63) is 33.5 Å². The summed E-state index contributed by atoms with van der Waals surface area (Å²) in [7, 11) is 2.93. The lowest BCUT2D eigenvalue weighted by molar-refractivity contribution is -0.652. The summed E-state index contributed by atoms with van der Waals surface area (Å²) in [5.74, 6) is 0.324. The maximum Gasteiger partial charge on any atom is 0.332 e. The van der Waals surface area contributed by atoms with E-state index in [-0.39, 0.29) is 43.3 Å². The minimum Gasteiger partial charge on any atom is -1.00 e. The fraction of sp³-hybridized carbons (Fsp3) is 0.533. The zero-order valence-corrected chi connectivity index (χ0v) is 15.6. The number of imidazole rings is 1. The van der Waals surface area contributed by atoms with Crippen LogP contribution in [0.25, 0.3) is 11.2 Å². The summed E-state index contributed by atoms with van der Waals surface area (Å²) < 4.78 is 3.85. The second kappa shape index (κ2) is 9.53. The highest BCUT2D eigenvalue weighted by Gasteiger charge is 2.21. The minimum atomic E-state index is -0.728. The van der Waals surface area contributed by atoms with Gasteiger partial charge in [0.15, 0.2) is 11.2 Å². The number of anilines is 1. The van der Waals surface area contributed by atoms with Crippen LogP contribution in [-0.2, 0) is 20.6 Å². The van der Waals surface area contributed by atoms with Crippen LogP contribution < -0.4 is 34.3 Å². The van der Waals surface area contributed by atoms with E-state index in [9.17, 15) is 14.7 Å². The van der Waals surface area contributed by atoms with E-state index in [4.69, 9.17) is 5.11 Å². The largest absolute Gasteiger partial charge is 1.00 e. The van der Waals surface area contributed by atoms with Gasteiger partial charge in [0.2, 0.25) is 5.95 Å². The summed E-state index contributed by atoms with van der Waals surface area (Å²) in [5, 5.41) is 24.1. The van der Waals surface area contributed by atoms with Crippen molar-refractivity contribution < 1.29 is 27.9 Å². The third kappa shape index (κ3) is 4.33. The quantitative estimate of drug-likeness (QED) is 0.250. The Bertz CT molecular complexity index is 872. The van der Waals surface area contributed by atoms with Crippen molar-refractivity contribution in [1.82, 2.24) is 18.7 Å². The monoisotopic (exact) mass is 388 g/mol. The number of hydrogen-bond donors (Lipinski definition) is 4. The number of aliphatic hydroxyl groups is 2. The van der Waals surface area contributed by atoms with Gasteiger partial charge in [0.1, 0.15) is 12.6 Å². The second-order valence-electron chi connectivity index (χ2n) is 5.78. The molecule has 10 nitrogen and oxygen atoms in total. The molecule has 11 heteroatoms. The molecule has 5 N–H and O–H groups in total. The van der Waals surface area contributed by atoms with E-state index in [1.807, 2.05) is 5.32 Å². The number of halogens is 1. The van der Waals surface area contributed by atoms with E-state index in [0.717, 1.165) is 4.57 Å². The van der Waals surface area contributed by atoms with Gasteiger partial charge in [-0.1, -0.05) is 6.58 Å². The second-order valence-corrected chi connectivity index (χ2v) is 5.78. The fourth-order valence-corrected chi connectivity index (χ4v) is 2.62. The van der Waals surface area contributed by atoms with Gasteiger partial charge in [-0.05, 0) is 6.08 Å². The van der Waals surface area contributed by atoms with E-state index in [1.54, 1.807) is 10.6 Å². The summed E-state index contributed by atoms with van der Waals surface area (Å²) in [6, 6.07) is 0. The van der Waals surface area contributed by atoms with Gasteiger partial charge in [-0.2, -0.15) is 4.98 Å². The van der Waals surface area contributed by atoms with Crippen molar-refractivity contribution >= 4 is 17.1 Å². The number of nitrogens with zero attached hydrogens (tertiary/aromatic N) is 4. The first-order valence-electron chi connectivity index (χ1n) is 8.04. The van der Waals surface area contributed by atoms with Crippen molar-refractivity contribution in [2.24, 2.45) is 14.1 Å². The number of nitrogens with two attached hydrogens (primary N) is 1. The van der Waals surface area contributed by atoms with Gasteiger partial charge in [0, 0.05) is 20.6 Å². The summed E-state index contributed by atoms with van der Waals surface area (Å²) in [5.41, 5.74) is -0.496. The van der Waals surface area contributed by atoms with Crippen LogP contribution in [0.2, 0.25) is 0 Å². The average Bonchev–Trinajstić information content (AvgIpc) is 2.95. The van der Waals surface area contributed by atoms with Crippen molar-refractivity contribution in [2.75, 3.05) is 31.6 Å². The van der Waals surface area contributed by atoms with E-state index < -0.39 is 17.4 Å². The topological polar surface area (TPSA) is 131 Å². The number of nitrogens with one attached hydrogen (secondary N) is 1. The normalized spacial score (nSPS) is 12.0. The van der Waals surface area contributed by atoms with E-state index in [2.05, 4.69) is 16.9 Å². The molecular formula is C15H25ClN6O4. The van der Waals surface area contributed by atoms with Gasteiger partial charge in [-0.3, -0.25) is 13.9 Å². The molecule has 0 aromatic carbocycles. The van der Waals surface area contributed by atoms with E-state index in [1.165, 1.54) is 18.7 Å². The first kappa shape index (κ1) is 21.9. The molecule has 0 fully saturated rings. The number of aryl methyl sites for hydroxylation is 1. The molecule has 0 bridgehead atoms. The van der Waals surface area contributed by atoms with Crippen LogP contribution in [-0.4, -0.2) is 61.2 Å². The Morgan fingerprint density at radius 1 is 1.35 bits per heavy atom. The lowest BCUT2D eigenvalue weighted by Gasteiger charge is -2.14. The molecule has 0 aliphatic carbocycles. The third-order valence-corrected chi connectivity index (χ3v) is 3.91. The van der Waals surface area contributed by atoms with Gasteiger partial charge in [0.25, 0.3) is 5.56 Å². The maximum atomic E-state index is 12.6. The Kier molecular flexibility index (Phi) is 8.03. The lowest BCUT2D eigenvalue weighted by atomic mass is 10.3. The minimum absolute atomic E-state index is 0. The molecule has 0 spiro atoms. The molecule has 0 saturated carbocycles. The van der Waals surface area contributed by atoms with Crippen LogP contribution >= 0.6 is 0 Å². The number of aliphatic hydroxyl groups excluding tert-OH is 2. The predicted octanol–water partition coefficient (Wildman–Crippen LogP) is -6.05. The lowest BCUT2D eigenvalue weighted by Crippen LogP contribution is -3.00. The Labute approximate surface area is 156 Å². The standard InChI is InChI=1S/C15H24N6O4.ClH/c1-4-5-16-8-10(23)9-21-11-12(18-14(21)17-6-7-22)19(2)15(25)20(3)13(11)24;/h4,10,16,22-23H,1,5-9H2,2-3H3,(H,17,18);1H. The third-order valence-electron chi connectivity index (χ3n) is 3.91. The number of quaternary nitrogens is 1. The highest BCUT2D eigenvalue weighted by atomic mass is 35.5. The van der Waals surface area contributed by atoms with Gasteiger partial charge in [-0.25, -0.2) is 4.79 Å². The average molecular weight is 389 g/mol. The van der Waals surface area contributed by atoms with E-state index >= 15 is 0 Å². The zero-order chi connectivity index (χ0) is 18.6. The van der Waals surface area contributed by atoms with Crippen LogP contribution in [0.3, 0.4) is 0 Å². The van der Waals surface area contributed by atoms with Gasteiger partial charge in [0.05, 0.1) is 19.7 Å². The molecule has 0 radical (unpaired) electrons. The molecule has 26 heavy (non-hydrogen) atoms. The molecular weight excluding hydrogens is 364 g/mol. The fourth-order valence-electron chi connectivity index (χ4n) is 2.62. The SMILES string of the molecule is C=CC[NH2+]CC(O)Cn1c(NCCO)nc2c1c(=O)n(C)c(=O)n2C.[Cl-]. The number of rotatable bonds is 9. The van der Waals surface area contributed by atoms with Gasteiger partial charge < -0.3 is 37.8 Å². The van der Waals surface area contributed by atoms with Crippen LogP contribution in [0.1, 0.15) is 0 Å². The molecule has 146 valence electrons. The Morgan fingerprint density at radius 2 is 2.04 bits per heavy atom. The summed E-state index contributed by atoms with van der Waals surface area (Å²) in [6.07, 6.45) is 1.01. The van der Waals surface area contributed by atoms with Crippen LogP contribution in [0.5, 0.6) is 0 Å². The molecule has 2 rings (SSSR count). The molecule has 2 aromatic rings. The predicted molar refractivity (Wildman–Crippen MR) is 93.7 cm³/mol. The summed E-state index contributed by atoms with van der Waals surface area (Å²) >= 11 is 0. The van der Waals surface area contributed by atoms with Gasteiger partial charge in [-0.15, -0.1) is 0 Å². The molecule has 2 aromatic heterocycles. The highest BCUT2D eigenvalue weighted by Crippen LogP contribution is 2.15. The van der Waals surface area contributed by atoms with Crippen molar-refractivity contribution in [3.8, 4) is 0 Å². The van der Waals surface area contributed by atoms with Crippen LogP contribution in [0.4, 0.5) is 5.95 Å². The van der Waals surface area contributed by atoms with E-state index in [0.29, 0.717) is 19.0 Å². The Morgan fingerprint density at radius 3 is 2.65 bits per heavy atom. The molecule has 0 saturated heterocycles. The first-order chi connectivity index (χ1) is 11.9. The molecule has 1 unspecified atom stereocenters. The zero-order valence-electron chi connectivity index (χ0n) is 14.9. The number of aromatic nitrogens is 4. The molecule has 0 aliphatic heterocycles. The molecule has 1 atom stereocenters. The Balaban J connectivity index is 0.00000338. The van der Waals surface area contributed by atoms with Crippen LogP contribution in [0.15, 0.2) is 22.2 Å². The molecule has 2 heterocycles. The van der Waals surface area contributed by atoms with Crippen LogP contribution in [0, 0.1) is 0 Å². The van der Waals surface area contributed by atoms with Crippen molar-refractivity contribution in [3.63, 3.8) is 0 Å². The van der Waals surface area contributed by atoms with Crippen molar-refractivity contribution in [2.45, 2.75) is 12.6 Å². The maximum absolute atomic E-state index is 12.6. The first-order valence-corrected chi connectivity index (χ1v) is 8.04. The molecule has 0 aliphatic rings. The summed E-state index contributed by atoms with van der Waals surface area (Å²) in [4.78, 5) is 29.0. The van der Waals surface area contributed by atoms with Gasteiger partial charge >= 0.3 is 5.69 Å². The summed E-state index contributed by atoms with van der Waals surface area (Å²) in [6.45, 7) is 4.97. The number of hydrogen-bond acceptors (Lipinski definition) is 6. The number of fused-ring (bicyclic) bond motifs is 1. The highest BCUT2D eigenvalue weighted by molar-refractivity contribution is 5.74. The Hall–Kier alpha value is -2.14.